The quantitative estimate of drug-likeness (QED) is 0.0196. The van der Waals surface area contributed by atoms with Gasteiger partial charge in [0, 0.05) is 143 Å². The Morgan fingerprint density at radius 1 is 0.483 bits per heavy atom. The van der Waals surface area contributed by atoms with E-state index in [9.17, 15) is 19.2 Å². The summed E-state index contributed by atoms with van der Waals surface area (Å²) >= 11 is 16.0. The number of nitrogens with zero attached hydrogens (tertiary/aromatic N) is 5. The predicted molar refractivity (Wildman–Crippen MR) is 405 cm³/mol. The SMILES string of the molecule is C.C.C.C.CC(C)CCn1cc(CBr)ccc1=O.CC(C)CCn1cc(CBr)ccc1=O.CCO[Si](CCCS)(OCC)OCC.CCO[Si](CCCSCc1ccc(=O)n(CCC(C)C)c1)(OCC)OCC.Cc1ccc(=O)n(CCC(C)C)c1.[B]=NS. The van der Waals surface area contributed by atoms with E-state index in [1.165, 1.54) is 5.56 Å². The first-order valence-electron chi connectivity index (χ1n) is 30.4. The fourth-order valence-electron chi connectivity index (χ4n) is 7.80. The molecule has 4 aromatic rings. The molecule has 0 atom stereocenters. The molecular weight excluding hydrogens is 1350 g/mol. The van der Waals surface area contributed by atoms with Crippen molar-refractivity contribution in [2.24, 2.45) is 28.0 Å². The van der Waals surface area contributed by atoms with Crippen LogP contribution in [0.3, 0.4) is 0 Å². The number of thiol groups is 2. The first-order chi connectivity index (χ1) is 40.5. The molecule has 0 N–H and O–H groups in total. The van der Waals surface area contributed by atoms with Gasteiger partial charge in [-0.3, -0.25) is 19.2 Å². The third-order valence-corrected chi connectivity index (χ3v) is 21.3. The minimum absolute atomic E-state index is 0. The second kappa shape index (κ2) is 60.8. The number of hydrogen-bond donors (Lipinski definition) is 2. The molecule has 4 aromatic heterocycles. The third-order valence-electron chi connectivity index (χ3n) is 12.2. The molecule has 1 radical (unpaired) electrons. The summed E-state index contributed by atoms with van der Waals surface area (Å²) in [7, 11) is -0.550. The van der Waals surface area contributed by atoms with Gasteiger partial charge in [-0.1, -0.05) is 141 Å². The van der Waals surface area contributed by atoms with Crippen LogP contribution in [0, 0.1) is 30.6 Å². The first kappa shape index (κ1) is 97.9. The Morgan fingerprint density at radius 2 is 0.753 bits per heavy atom. The number of pyridine rings is 4. The molecule has 0 bridgehead atoms. The van der Waals surface area contributed by atoms with Crippen LogP contribution in [0.15, 0.2) is 96.8 Å². The summed E-state index contributed by atoms with van der Waals surface area (Å²) < 4.78 is 44.6. The van der Waals surface area contributed by atoms with Gasteiger partial charge in [0.05, 0.1) is 0 Å². The van der Waals surface area contributed by atoms with Gasteiger partial charge in [0.1, 0.15) is 0 Å². The minimum atomic E-state index is -2.52. The van der Waals surface area contributed by atoms with E-state index >= 15 is 0 Å². The number of alkyl halides is 2. The van der Waals surface area contributed by atoms with Crippen molar-refractivity contribution in [3.63, 3.8) is 0 Å². The van der Waals surface area contributed by atoms with E-state index in [1.54, 1.807) is 38.0 Å². The van der Waals surface area contributed by atoms with Crippen molar-refractivity contribution in [2.45, 2.75) is 227 Å². The summed E-state index contributed by atoms with van der Waals surface area (Å²) in [6.45, 7) is 38.3. The Labute approximate surface area is 577 Å². The molecule has 0 spiro atoms. The van der Waals surface area contributed by atoms with Crippen molar-refractivity contribution >= 4 is 94.3 Å². The molecule has 4 rings (SSSR count). The standard InChI is InChI=1S/C20H37NO4SSi.2C11H16BrNO.C11H17NO.C9H22O3SSi.4CH4.BHNS/c1-6-23-27(24-7-2,25-8-3)15-9-14-26-17-19-10-11-20(22)21(16-19)13-12-18(4)5;2*1-9(2)5-6-13-8-10(7-12)3-4-11(13)14;1-9(2)6-7-12-8-10(3)4-5-11(12)13;1-4-10-14(11-5-2,12-6-3)9-7-8-13;;;;;1-2-3/h10-11,16,18H,6-9,12-15,17H2,1-5H3;2*3-4,8-9H,5-7H2,1-2H3;4-5,8-9H,6-7H2,1-3H3;13H,4-9H2,1-3H3;4*1H4;3H. The topological polar surface area (TPSA) is 156 Å². The second-order valence-corrected chi connectivity index (χ2v) is 29.9. The molecule has 0 saturated carbocycles. The third kappa shape index (κ3) is 48.3. The van der Waals surface area contributed by atoms with Crippen molar-refractivity contribution in [3.8, 4) is 0 Å². The van der Waals surface area contributed by atoms with Crippen molar-refractivity contribution in [1.29, 1.82) is 0 Å². The van der Waals surface area contributed by atoms with Gasteiger partial charge in [0.25, 0.3) is 22.2 Å². The molecule has 0 unspecified atom stereocenters. The van der Waals surface area contributed by atoms with Gasteiger partial charge in [-0.2, -0.15) is 24.4 Å². The van der Waals surface area contributed by atoms with Gasteiger partial charge in [0.2, 0.25) is 0 Å². The molecular formula is C66H125BBr2N5O10S3Si2. The van der Waals surface area contributed by atoms with Crippen LogP contribution in [0.4, 0.5) is 0 Å². The zero-order valence-electron chi connectivity index (χ0n) is 54.5. The molecule has 89 heavy (non-hydrogen) atoms. The second-order valence-electron chi connectivity index (χ2n) is 21.5. The van der Waals surface area contributed by atoms with Crippen LogP contribution in [-0.2, 0) is 69.1 Å². The van der Waals surface area contributed by atoms with Crippen LogP contribution < -0.4 is 22.2 Å². The summed E-state index contributed by atoms with van der Waals surface area (Å²) in [4.78, 5) is 46.2. The Morgan fingerprint density at radius 3 is 1.03 bits per heavy atom. The van der Waals surface area contributed by atoms with Gasteiger partial charge in [0.15, 0.2) is 0 Å². The average molecular weight is 1470 g/mol. The molecule has 0 aliphatic carbocycles. The molecule has 23 heteroatoms. The molecule has 0 fully saturated rings. The number of hydrogen-bond acceptors (Lipinski definition) is 14. The fraction of sp³-hybridized carbons (Fsp3) is 0.697. The van der Waals surface area contributed by atoms with Gasteiger partial charge in [-0.15, -0.1) is 0 Å². The molecule has 0 aliphatic heterocycles. The van der Waals surface area contributed by atoms with E-state index in [1.807, 2.05) is 114 Å². The van der Waals surface area contributed by atoms with E-state index < -0.39 is 17.6 Å². The van der Waals surface area contributed by atoms with E-state index in [0.29, 0.717) is 63.3 Å². The molecule has 517 valence electrons. The summed E-state index contributed by atoms with van der Waals surface area (Å²) in [5.41, 5.74) is 5.01. The average Bonchev–Trinajstić information content (AvgIpc) is 3.62. The van der Waals surface area contributed by atoms with E-state index in [4.69, 9.17) is 26.6 Å². The zero-order chi connectivity index (χ0) is 64.6. The van der Waals surface area contributed by atoms with Crippen LogP contribution in [-0.4, -0.2) is 94.7 Å². The Kier molecular flexibility index (Phi) is 66.9. The van der Waals surface area contributed by atoms with Crippen LogP contribution in [0.2, 0.25) is 12.1 Å². The summed E-state index contributed by atoms with van der Waals surface area (Å²) in [5.74, 6) is 5.29. The first-order valence-corrected chi connectivity index (χ1v) is 38.7. The van der Waals surface area contributed by atoms with Crippen molar-refractivity contribution in [3.05, 3.63) is 137 Å². The van der Waals surface area contributed by atoms with Crippen molar-refractivity contribution in [1.82, 2.24) is 18.3 Å². The van der Waals surface area contributed by atoms with Gasteiger partial charge in [-0.25, -0.2) is 0 Å². The maximum atomic E-state index is 12.0. The molecule has 0 aromatic carbocycles. The van der Waals surface area contributed by atoms with Crippen molar-refractivity contribution in [2.75, 3.05) is 51.1 Å². The summed E-state index contributed by atoms with van der Waals surface area (Å²) in [5, 5.41) is 1.60. The number of rotatable bonds is 35. The van der Waals surface area contributed by atoms with E-state index in [0.717, 1.165) is 121 Å². The zero-order valence-corrected chi connectivity index (χ0v) is 62.2. The molecule has 15 nitrogen and oxygen atoms in total. The number of aromatic nitrogens is 4. The predicted octanol–water partition coefficient (Wildman–Crippen LogP) is 17.4. The number of thioether (sulfide) groups is 1. The molecule has 0 saturated heterocycles. The molecule has 4 heterocycles. The van der Waals surface area contributed by atoms with Crippen LogP contribution in [0.25, 0.3) is 0 Å². The monoisotopic (exact) mass is 1470 g/mol. The maximum absolute atomic E-state index is 12.0. The Hall–Kier alpha value is -2.13. The molecule has 0 amide bonds. The summed E-state index contributed by atoms with van der Waals surface area (Å²) in [6, 6.07) is 15.8. The number of aryl methyl sites for hydroxylation is 5. The van der Waals surface area contributed by atoms with Gasteiger partial charge < -0.3 is 44.8 Å². The fourth-order valence-corrected chi connectivity index (χ4v) is 15.3. The van der Waals surface area contributed by atoms with Crippen molar-refractivity contribution < 1.29 is 26.6 Å². The Balaban J connectivity index is -0.000000244. The normalized spacial score (nSPS) is 10.7. The summed E-state index contributed by atoms with van der Waals surface area (Å²) in [6.07, 6.45) is 14.0. The number of halogens is 2. The van der Waals surface area contributed by atoms with Crippen LogP contribution in [0.1, 0.15) is 187 Å². The Bertz CT molecular complexity index is 2460. The van der Waals surface area contributed by atoms with Crippen LogP contribution >= 0.6 is 69.1 Å². The molecule has 0 aliphatic rings. The van der Waals surface area contributed by atoms with E-state index in [2.05, 4.69) is 125 Å². The van der Waals surface area contributed by atoms with Gasteiger partial charge >= 0.3 is 42.4 Å². The van der Waals surface area contributed by atoms with E-state index in [-0.39, 0.29) is 51.9 Å². The van der Waals surface area contributed by atoms with Crippen LogP contribution in [0.5, 0.6) is 0 Å². The van der Waals surface area contributed by atoms with Gasteiger partial charge in [-0.05, 0) is 144 Å².